The highest BCUT2D eigenvalue weighted by Gasteiger charge is 2.28. The molecule has 1 amide bonds. The Hall–Kier alpha value is -2.54. The Bertz CT molecular complexity index is 978. The second-order valence-electron chi connectivity index (χ2n) is 6.48. The summed E-state index contributed by atoms with van der Waals surface area (Å²) < 4.78 is 15.8. The van der Waals surface area contributed by atoms with Crippen LogP contribution in [0.25, 0.3) is 5.69 Å². The maximum atomic E-state index is 14.2. The van der Waals surface area contributed by atoms with Crippen LogP contribution in [0.2, 0.25) is 0 Å². The molecular weight excluding hydrogens is 351 g/mol. The molecule has 5 nitrogen and oxygen atoms in total. The fraction of sp³-hybridized carbons (Fsp3) is 0.316. The summed E-state index contributed by atoms with van der Waals surface area (Å²) in [5.74, 6) is -0.584. The molecule has 0 radical (unpaired) electrons. The second-order valence-corrected chi connectivity index (χ2v) is 7.54. The zero-order chi connectivity index (χ0) is 18.3. The molecule has 2 heterocycles. The van der Waals surface area contributed by atoms with Crippen LogP contribution < -0.4 is 5.32 Å². The van der Waals surface area contributed by atoms with Crippen LogP contribution in [-0.2, 0) is 12.8 Å². The smallest absolute Gasteiger partial charge is 0.272 e. The van der Waals surface area contributed by atoms with Gasteiger partial charge < -0.3 is 5.32 Å². The first-order chi connectivity index (χ1) is 12.5. The maximum absolute atomic E-state index is 14.2. The lowest BCUT2D eigenvalue weighted by Crippen LogP contribution is -2.28. The summed E-state index contributed by atoms with van der Waals surface area (Å²) >= 11 is 1.55. The van der Waals surface area contributed by atoms with Gasteiger partial charge in [0.2, 0.25) is 0 Å². The van der Waals surface area contributed by atoms with Gasteiger partial charge in [0.05, 0.1) is 16.7 Å². The van der Waals surface area contributed by atoms with E-state index in [9.17, 15) is 9.18 Å². The number of amides is 1. The van der Waals surface area contributed by atoms with Crippen molar-refractivity contribution in [2.24, 2.45) is 0 Å². The van der Waals surface area contributed by atoms with Gasteiger partial charge in [-0.25, -0.2) is 14.1 Å². The number of carbonyl (C=O) groups excluding carboxylic acids is 1. The molecule has 1 atom stereocenters. The van der Waals surface area contributed by atoms with Crippen molar-refractivity contribution in [1.82, 2.24) is 20.1 Å². The number of aromatic nitrogens is 3. The Labute approximate surface area is 154 Å². The Morgan fingerprint density at radius 1 is 1.35 bits per heavy atom. The summed E-state index contributed by atoms with van der Waals surface area (Å²) in [5.41, 5.74) is 3.46. The molecular formula is C19H19FN4OS. The van der Waals surface area contributed by atoms with Crippen LogP contribution in [0.4, 0.5) is 4.39 Å². The number of benzene rings is 1. The third-order valence-electron chi connectivity index (χ3n) is 4.65. The standard InChI is InChI=1S/C19H19FN4OS/c1-11(15-10-26-12(2)22-15)21-19(25)18-13-6-5-9-16(13)24(23-18)17-8-4-3-7-14(17)20/h3-4,7-8,10-11H,5-6,9H2,1-2H3,(H,21,25). The summed E-state index contributed by atoms with van der Waals surface area (Å²) in [4.78, 5) is 17.2. The first-order valence-electron chi connectivity index (χ1n) is 8.63. The number of nitrogens with zero attached hydrogens (tertiary/aromatic N) is 3. The number of hydrogen-bond donors (Lipinski definition) is 1. The number of hydrogen-bond acceptors (Lipinski definition) is 4. The average Bonchev–Trinajstić information content (AvgIpc) is 3.31. The lowest BCUT2D eigenvalue weighted by Gasteiger charge is -2.11. The normalized spacial score (nSPS) is 14.3. The molecule has 0 saturated heterocycles. The van der Waals surface area contributed by atoms with Gasteiger partial charge in [0.1, 0.15) is 11.5 Å². The van der Waals surface area contributed by atoms with Gasteiger partial charge in [0, 0.05) is 16.6 Å². The summed E-state index contributed by atoms with van der Waals surface area (Å²) in [7, 11) is 0. The fourth-order valence-corrected chi connectivity index (χ4v) is 4.07. The van der Waals surface area contributed by atoms with Crippen LogP contribution in [-0.4, -0.2) is 20.7 Å². The number of carbonyl (C=O) groups is 1. The quantitative estimate of drug-likeness (QED) is 0.761. The van der Waals surface area contributed by atoms with Gasteiger partial charge in [-0.1, -0.05) is 12.1 Å². The number of halogens is 1. The van der Waals surface area contributed by atoms with Crippen LogP contribution in [0.15, 0.2) is 29.6 Å². The van der Waals surface area contributed by atoms with Gasteiger partial charge in [-0.2, -0.15) is 5.10 Å². The van der Waals surface area contributed by atoms with E-state index in [1.54, 1.807) is 34.2 Å². The van der Waals surface area contributed by atoms with E-state index in [2.05, 4.69) is 15.4 Å². The number of aryl methyl sites for hydroxylation is 1. The molecule has 4 rings (SSSR count). The van der Waals surface area contributed by atoms with Crippen LogP contribution in [0.1, 0.15) is 51.8 Å². The maximum Gasteiger partial charge on any atom is 0.272 e. The predicted octanol–water partition coefficient (Wildman–Crippen LogP) is 3.76. The van der Waals surface area contributed by atoms with Gasteiger partial charge in [0.25, 0.3) is 5.91 Å². The Morgan fingerprint density at radius 3 is 2.88 bits per heavy atom. The number of para-hydroxylation sites is 1. The topological polar surface area (TPSA) is 59.8 Å². The first-order valence-corrected chi connectivity index (χ1v) is 9.51. The molecule has 3 aromatic rings. The number of fused-ring (bicyclic) bond motifs is 1. The molecule has 0 fully saturated rings. The SMILES string of the molecule is Cc1nc(C(C)NC(=O)c2nn(-c3ccccc3F)c3c2CCC3)cs1. The Kier molecular flexibility index (Phi) is 4.32. The molecule has 1 aliphatic carbocycles. The molecule has 0 spiro atoms. The molecule has 1 N–H and O–H groups in total. The molecule has 0 saturated carbocycles. The number of thiazole rings is 1. The molecule has 1 unspecified atom stereocenters. The Balaban J connectivity index is 1.66. The van der Waals surface area contributed by atoms with Gasteiger partial charge in [-0.15, -0.1) is 11.3 Å². The van der Waals surface area contributed by atoms with Crippen molar-refractivity contribution in [3.63, 3.8) is 0 Å². The summed E-state index contributed by atoms with van der Waals surface area (Å²) in [6.45, 7) is 3.84. The first kappa shape index (κ1) is 16.9. The van der Waals surface area contributed by atoms with Crippen LogP contribution in [0.3, 0.4) is 0 Å². The molecule has 0 aliphatic heterocycles. The van der Waals surface area contributed by atoms with E-state index < -0.39 is 0 Å². The highest BCUT2D eigenvalue weighted by atomic mass is 32.1. The minimum atomic E-state index is -0.344. The summed E-state index contributed by atoms with van der Waals surface area (Å²) in [6.07, 6.45) is 2.53. The van der Waals surface area contributed by atoms with E-state index in [1.165, 1.54) is 6.07 Å². The van der Waals surface area contributed by atoms with Crippen molar-refractivity contribution in [2.45, 2.75) is 39.2 Å². The van der Waals surface area contributed by atoms with E-state index >= 15 is 0 Å². The van der Waals surface area contributed by atoms with Crippen LogP contribution >= 0.6 is 11.3 Å². The van der Waals surface area contributed by atoms with Crippen molar-refractivity contribution >= 4 is 17.2 Å². The second kappa shape index (κ2) is 6.64. The molecule has 0 bridgehead atoms. The van der Waals surface area contributed by atoms with E-state index in [-0.39, 0.29) is 17.8 Å². The Morgan fingerprint density at radius 2 is 2.15 bits per heavy atom. The molecule has 134 valence electrons. The van der Waals surface area contributed by atoms with Crippen LogP contribution in [0.5, 0.6) is 0 Å². The summed E-state index contributed by atoms with van der Waals surface area (Å²) in [5, 5.41) is 10.3. The zero-order valence-corrected chi connectivity index (χ0v) is 15.4. The molecule has 2 aromatic heterocycles. The van der Waals surface area contributed by atoms with E-state index in [0.29, 0.717) is 11.4 Å². The molecule has 1 aromatic carbocycles. The molecule has 1 aliphatic rings. The highest BCUT2D eigenvalue weighted by Crippen LogP contribution is 2.29. The molecule has 7 heteroatoms. The molecule has 26 heavy (non-hydrogen) atoms. The predicted molar refractivity (Wildman–Crippen MR) is 98.3 cm³/mol. The van der Waals surface area contributed by atoms with Gasteiger partial charge in [-0.05, 0) is 45.2 Å². The third kappa shape index (κ3) is 2.92. The zero-order valence-electron chi connectivity index (χ0n) is 14.6. The van der Waals surface area contributed by atoms with Crippen molar-refractivity contribution < 1.29 is 9.18 Å². The van der Waals surface area contributed by atoms with Crippen molar-refractivity contribution in [3.8, 4) is 5.69 Å². The third-order valence-corrected chi connectivity index (χ3v) is 5.45. The van der Waals surface area contributed by atoms with E-state index in [1.807, 2.05) is 19.2 Å². The minimum Gasteiger partial charge on any atom is -0.343 e. The van der Waals surface area contributed by atoms with Gasteiger partial charge in [-0.3, -0.25) is 4.79 Å². The number of rotatable bonds is 4. The van der Waals surface area contributed by atoms with E-state index in [4.69, 9.17) is 0 Å². The van der Waals surface area contributed by atoms with Crippen molar-refractivity contribution in [2.75, 3.05) is 0 Å². The van der Waals surface area contributed by atoms with Crippen LogP contribution in [0, 0.1) is 12.7 Å². The van der Waals surface area contributed by atoms with Crippen molar-refractivity contribution in [3.05, 3.63) is 63.1 Å². The van der Waals surface area contributed by atoms with Gasteiger partial charge in [0.15, 0.2) is 5.69 Å². The van der Waals surface area contributed by atoms with Gasteiger partial charge >= 0.3 is 0 Å². The largest absolute Gasteiger partial charge is 0.343 e. The fourth-order valence-electron chi connectivity index (χ4n) is 3.36. The lowest BCUT2D eigenvalue weighted by atomic mass is 10.1. The van der Waals surface area contributed by atoms with Crippen molar-refractivity contribution in [1.29, 1.82) is 0 Å². The average molecular weight is 370 g/mol. The highest BCUT2D eigenvalue weighted by molar-refractivity contribution is 7.09. The summed E-state index contributed by atoms with van der Waals surface area (Å²) in [6, 6.07) is 6.30. The van der Waals surface area contributed by atoms with E-state index in [0.717, 1.165) is 41.2 Å². The number of nitrogens with one attached hydrogen (secondary N) is 1. The minimum absolute atomic E-state index is 0.205. The lowest BCUT2D eigenvalue weighted by molar-refractivity contribution is 0.0932. The monoisotopic (exact) mass is 370 g/mol.